The van der Waals surface area contributed by atoms with Gasteiger partial charge >= 0.3 is 0 Å². The molecule has 1 saturated heterocycles. The number of hydrogen-bond acceptors (Lipinski definition) is 4. The van der Waals surface area contributed by atoms with E-state index in [0.29, 0.717) is 5.69 Å². The van der Waals surface area contributed by atoms with Crippen molar-refractivity contribution in [2.45, 2.75) is 0 Å². The van der Waals surface area contributed by atoms with Gasteiger partial charge in [-0.1, -0.05) is 15.9 Å². The van der Waals surface area contributed by atoms with Crippen LogP contribution >= 0.6 is 15.9 Å². The molecule has 2 heterocycles. The van der Waals surface area contributed by atoms with Gasteiger partial charge in [-0.15, -0.1) is 0 Å². The standard InChI is InChI=1S/C11H14BrN3O2/c12-7-11(16)14-9-1-2-10(13-8-9)15-3-5-17-6-4-15/h1-2,8H,3-7H2,(H,14,16). The molecule has 1 aliphatic rings. The number of hydrogen-bond donors (Lipinski definition) is 1. The molecule has 0 aliphatic carbocycles. The topological polar surface area (TPSA) is 54.5 Å². The van der Waals surface area contributed by atoms with Crippen LogP contribution in [0.25, 0.3) is 0 Å². The van der Waals surface area contributed by atoms with Crippen molar-refractivity contribution >= 4 is 33.3 Å². The highest BCUT2D eigenvalue weighted by atomic mass is 79.9. The molecular weight excluding hydrogens is 286 g/mol. The highest BCUT2D eigenvalue weighted by Crippen LogP contribution is 2.15. The lowest BCUT2D eigenvalue weighted by Crippen LogP contribution is -2.36. The molecule has 0 radical (unpaired) electrons. The summed E-state index contributed by atoms with van der Waals surface area (Å²) in [5, 5.41) is 3.02. The van der Waals surface area contributed by atoms with Gasteiger partial charge in [0, 0.05) is 13.1 Å². The molecule has 0 aromatic carbocycles. The molecule has 0 saturated carbocycles. The van der Waals surface area contributed by atoms with Crippen LogP contribution in [0.3, 0.4) is 0 Å². The quantitative estimate of drug-likeness (QED) is 0.854. The van der Waals surface area contributed by atoms with Gasteiger partial charge in [-0.2, -0.15) is 0 Å². The average molecular weight is 300 g/mol. The van der Waals surface area contributed by atoms with Gasteiger partial charge in [0.15, 0.2) is 0 Å². The van der Waals surface area contributed by atoms with Crippen molar-refractivity contribution in [2.24, 2.45) is 0 Å². The lowest BCUT2D eigenvalue weighted by atomic mass is 10.3. The summed E-state index contributed by atoms with van der Waals surface area (Å²) >= 11 is 3.09. The van der Waals surface area contributed by atoms with Crippen LogP contribution in [0.1, 0.15) is 0 Å². The Morgan fingerprint density at radius 2 is 2.24 bits per heavy atom. The molecule has 0 atom stereocenters. The maximum absolute atomic E-state index is 11.2. The molecule has 1 aromatic rings. The van der Waals surface area contributed by atoms with Gasteiger partial charge in [-0.3, -0.25) is 4.79 Å². The van der Waals surface area contributed by atoms with Gasteiger partial charge in [0.2, 0.25) is 5.91 Å². The molecule has 92 valence electrons. The number of carbonyl (C=O) groups is 1. The third kappa shape index (κ3) is 3.41. The molecule has 5 nitrogen and oxygen atoms in total. The molecule has 1 fully saturated rings. The molecule has 1 amide bonds. The van der Waals surface area contributed by atoms with E-state index in [9.17, 15) is 4.79 Å². The van der Waals surface area contributed by atoms with E-state index in [1.807, 2.05) is 12.1 Å². The van der Waals surface area contributed by atoms with E-state index in [4.69, 9.17) is 4.74 Å². The number of pyridine rings is 1. The molecule has 6 heteroatoms. The number of ether oxygens (including phenoxy) is 1. The van der Waals surface area contributed by atoms with Crippen molar-refractivity contribution in [1.82, 2.24) is 4.98 Å². The number of nitrogens with one attached hydrogen (secondary N) is 1. The van der Waals surface area contributed by atoms with Crippen LogP contribution in [0, 0.1) is 0 Å². The van der Waals surface area contributed by atoms with Crippen molar-refractivity contribution in [3.8, 4) is 0 Å². The van der Waals surface area contributed by atoms with Crippen LogP contribution in [0.2, 0.25) is 0 Å². The number of anilines is 2. The number of morpholine rings is 1. The van der Waals surface area contributed by atoms with E-state index < -0.39 is 0 Å². The Bertz CT molecular complexity index is 377. The maximum Gasteiger partial charge on any atom is 0.235 e. The minimum atomic E-state index is -0.0778. The second-order valence-electron chi connectivity index (χ2n) is 3.69. The summed E-state index contributed by atoms with van der Waals surface area (Å²) in [7, 11) is 0. The van der Waals surface area contributed by atoms with E-state index in [1.54, 1.807) is 6.20 Å². The molecule has 1 aromatic heterocycles. The summed E-state index contributed by atoms with van der Waals surface area (Å²) in [4.78, 5) is 17.7. The summed E-state index contributed by atoms with van der Waals surface area (Å²) in [5.74, 6) is 0.844. The summed E-state index contributed by atoms with van der Waals surface area (Å²) in [6.45, 7) is 3.20. The fourth-order valence-corrected chi connectivity index (χ4v) is 1.77. The van der Waals surface area contributed by atoms with Crippen LogP contribution in [0.4, 0.5) is 11.5 Å². The lowest BCUT2D eigenvalue weighted by Gasteiger charge is -2.27. The van der Waals surface area contributed by atoms with Crippen molar-refractivity contribution < 1.29 is 9.53 Å². The predicted octanol–water partition coefficient (Wildman–Crippen LogP) is 1.25. The smallest absolute Gasteiger partial charge is 0.235 e. The molecular formula is C11H14BrN3O2. The first-order valence-corrected chi connectivity index (χ1v) is 6.56. The number of aromatic nitrogens is 1. The zero-order valence-electron chi connectivity index (χ0n) is 9.36. The lowest BCUT2D eigenvalue weighted by molar-refractivity contribution is -0.113. The average Bonchev–Trinajstić information content (AvgIpc) is 2.40. The molecule has 2 rings (SSSR count). The number of carbonyl (C=O) groups excluding carboxylic acids is 1. The first-order chi connectivity index (χ1) is 8.29. The van der Waals surface area contributed by atoms with Crippen LogP contribution < -0.4 is 10.2 Å². The predicted molar refractivity (Wildman–Crippen MR) is 69.7 cm³/mol. The second kappa shape index (κ2) is 5.97. The van der Waals surface area contributed by atoms with E-state index in [-0.39, 0.29) is 11.2 Å². The number of alkyl halides is 1. The second-order valence-corrected chi connectivity index (χ2v) is 4.25. The minimum Gasteiger partial charge on any atom is -0.378 e. The summed E-state index contributed by atoms with van der Waals surface area (Å²) in [6, 6.07) is 3.77. The highest BCUT2D eigenvalue weighted by molar-refractivity contribution is 9.09. The Balaban J connectivity index is 1.99. The van der Waals surface area contributed by atoms with Crippen molar-refractivity contribution in [1.29, 1.82) is 0 Å². The third-order valence-electron chi connectivity index (χ3n) is 2.49. The Kier molecular flexibility index (Phi) is 4.33. The molecule has 17 heavy (non-hydrogen) atoms. The van der Waals surface area contributed by atoms with E-state index in [2.05, 4.69) is 31.1 Å². The fourth-order valence-electron chi connectivity index (χ4n) is 1.63. The number of nitrogens with zero attached hydrogens (tertiary/aromatic N) is 2. The number of halogens is 1. The Morgan fingerprint density at radius 3 is 2.82 bits per heavy atom. The number of rotatable bonds is 3. The Hall–Kier alpha value is -1.14. The molecule has 0 bridgehead atoms. The van der Waals surface area contributed by atoms with Gasteiger partial charge in [0.25, 0.3) is 0 Å². The van der Waals surface area contributed by atoms with Crippen molar-refractivity contribution in [3.05, 3.63) is 18.3 Å². The molecule has 0 unspecified atom stereocenters. The maximum atomic E-state index is 11.2. The number of amides is 1. The normalized spacial score (nSPS) is 15.7. The van der Waals surface area contributed by atoms with Crippen LogP contribution in [-0.4, -0.2) is 42.5 Å². The van der Waals surface area contributed by atoms with E-state index in [1.165, 1.54) is 0 Å². The zero-order chi connectivity index (χ0) is 12.1. The van der Waals surface area contributed by atoms with E-state index in [0.717, 1.165) is 32.1 Å². The van der Waals surface area contributed by atoms with Gasteiger partial charge in [0.1, 0.15) is 5.82 Å². The monoisotopic (exact) mass is 299 g/mol. The third-order valence-corrected chi connectivity index (χ3v) is 3.00. The first kappa shape index (κ1) is 12.3. The Morgan fingerprint density at radius 1 is 1.47 bits per heavy atom. The van der Waals surface area contributed by atoms with Crippen molar-refractivity contribution in [2.75, 3.05) is 41.9 Å². The van der Waals surface area contributed by atoms with Crippen LogP contribution in [0.15, 0.2) is 18.3 Å². The summed E-state index contributed by atoms with van der Waals surface area (Å²) in [5.41, 5.74) is 0.714. The Labute approximate surface area is 108 Å². The van der Waals surface area contributed by atoms with Crippen molar-refractivity contribution in [3.63, 3.8) is 0 Å². The zero-order valence-corrected chi connectivity index (χ0v) is 10.9. The first-order valence-electron chi connectivity index (χ1n) is 5.44. The van der Waals surface area contributed by atoms with Crippen LogP contribution in [-0.2, 0) is 9.53 Å². The highest BCUT2D eigenvalue weighted by Gasteiger charge is 2.12. The largest absolute Gasteiger partial charge is 0.378 e. The molecule has 1 aliphatic heterocycles. The van der Waals surface area contributed by atoms with Crippen LogP contribution in [0.5, 0.6) is 0 Å². The van der Waals surface area contributed by atoms with Gasteiger partial charge in [-0.25, -0.2) is 4.98 Å². The summed E-state index contributed by atoms with van der Waals surface area (Å²) < 4.78 is 5.28. The minimum absolute atomic E-state index is 0.0778. The molecule has 0 spiro atoms. The van der Waals surface area contributed by atoms with Gasteiger partial charge in [0.05, 0.1) is 30.4 Å². The van der Waals surface area contributed by atoms with Gasteiger partial charge < -0.3 is 15.0 Å². The fraction of sp³-hybridized carbons (Fsp3) is 0.455. The molecule has 1 N–H and O–H groups in total. The van der Waals surface area contributed by atoms with E-state index >= 15 is 0 Å². The van der Waals surface area contributed by atoms with Gasteiger partial charge in [-0.05, 0) is 12.1 Å². The summed E-state index contributed by atoms with van der Waals surface area (Å²) in [6.07, 6.45) is 1.67. The SMILES string of the molecule is O=C(CBr)Nc1ccc(N2CCOCC2)nc1.